The number of nitrogens with two attached hydrogens (primary N) is 1. The molecular formula is C13H17FN2O. The zero-order valence-corrected chi connectivity index (χ0v) is 9.86. The average molecular weight is 236 g/mol. The van der Waals surface area contributed by atoms with E-state index in [4.69, 9.17) is 10.8 Å². The van der Waals surface area contributed by atoms with E-state index in [1.165, 1.54) is 12.1 Å². The van der Waals surface area contributed by atoms with E-state index in [1.54, 1.807) is 6.07 Å². The van der Waals surface area contributed by atoms with Crippen molar-refractivity contribution in [3.05, 3.63) is 35.8 Å². The van der Waals surface area contributed by atoms with E-state index in [1.807, 2.05) is 13.1 Å². The van der Waals surface area contributed by atoms with Gasteiger partial charge in [0.15, 0.2) is 0 Å². The predicted octanol–water partition coefficient (Wildman–Crippen LogP) is 1.66. The number of hydrogen-bond donors (Lipinski definition) is 2. The molecule has 1 heterocycles. The molecule has 4 heteroatoms. The topological polar surface area (TPSA) is 51.2 Å². The summed E-state index contributed by atoms with van der Waals surface area (Å²) in [5.74, 6) is -0.245. The second-order valence-electron chi connectivity index (χ2n) is 4.25. The van der Waals surface area contributed by atoms with Gasteiger partial charge < -0.3 is 15.4 Å². The van der Waals surface area contributed by atoms with Crippen molar-refractivity contribution in [3.8, 4) is 0 Å². The molecule has 92 valence electrons. The number of fused-ring (bicyclic) bond motifs is 1. The highest BCUT2D eigenvalue weighted by Crippen LogP contribution is 2.23. The van der Waals surface area contributed by atoms with Crippen LogP contribution in [-0.4, -0.2) is 22.3 Å². The molecule has 17 heavy (non-hydrogen) atoms. The Labute approximate surface area is 99.7 Å². The fourth-order valence-electron chi connectivity index (χ4n) is 2.11. The van der Waals surface area contributed by atoms with Crippen molar-refractivity contribution in [2.24, 2.45) is 5.73 Å². The van der Waals surface area contributed by atoms with Crippen LogP contribution in [0.25, 0.3) is 10.9 Å². The van der Waals surface area contributed by atoms with Crippen molar-refractivity contribution >= 4 is 10.9 Å². The summed E-state index contributed by atoms with van der Waals surface area (Å²) >= 11 is 0. The molecule has 3 N–H and O–H groups in total. The van der Waals surface area contributed by atoms with E-state index in [0.29, 0.717) is 6.42 Å². The Morgan fingerprint density at radius 2 is 2.24 bits per heavy atom. The summed E-state index contributed by atoms with van der Waals surface area (Å²) in [6.45, 7) is 2.81. The van der Waals surface area contributed by atoms with Gasteiger partial charge in [-0.3, -0.25) is 0 Å². The smallest absolute Gasteiger partial charge is 0.123 e. The van der Waals surface area contributed by atoms with E-state index in [0.717, 1.165) is 23.0 Å². The van der Waals surface area contributed by atoms with Crippen molar-refractivity contribution in [1.82, 2.24) is 4.57 Å². The highest BCUT2D eigenvalue weighted by Gasteiger charge is 2.11. The lowest BCUT2D eigenvalue weighted by Crippen LogP contribution is -2.26. The first kappa shape index (κ1) is 12.1. The molecule has 0 amide bonds. The van der Waals surface area contributed by atoms with Crippen molar-refractivity contribution < 1.29 is 9.50 Å². The normalized spacial score (nSPS) is 13.2. The number of nitrogens with zero attached hydrogens (tertiary/aromatic N) is 1. The zero-order valence-electron chi connectivity index (χ0n) is 9.86. The Hall–Kier alpha value is -1.39. The number of aliphatic hydroxyl groups is 1. The minimum atomic E-state index is -0.297. The maximum atomic E-state index is 13.3. The van der Waals surface area contributed by atoms with Crippen molar-refractivity contribution in [2.75, 3.05) is 6.61 Å². The molecule has 3 nitrogen and oxygen atoms in total. The van der Waals surface area contributed by atoms with Crippen LogP contribution >= 0.6 is 0 Å². The van der Waals surface area contributed by atoms with E-state index in [-0.39, 0.29) is 18.5 Å². The van der Waals surface area contributed by atoms with Crippen LogP contribution in [0.4, 0.5) is 4.39 Å². The Bertz CT molecular complexity index is 521. The van der Waals surface area contributed by atoms with Gasteiger partial charge in [-0.15, -0.1) is 0 Å². The number of aromatic nitrogens is 1. The SMILES string of the molecule is CCn1cc(C[C@@H](N)CO)c2cc(F)ccc21. The van der Waals surface area contributed by atoms with Gasteiger partial charge in [0.1, 0.15) is 5.82 Å². The lowest BCUT2D eigenvalue weighted by atomic mass is 10.1. The largest absolute Gasteiger partial charge is 0.395 e. The van der Waals surface area contributed by atoms with E-state index >= 15 is 0 Å². The number of aliphatic hydroxyl groups excluding tert-OH is 1. The molecule has 0 spiro atoms. The molecule has 1 aromatic heterocycles. The first-order chi connectivity index (χ1) is 8.15. The van der Waals surface area contributed by atoms with Gasteiger partial charge in [-0.2, -0.15) is 0 Å². The van der Waals surface area contributed by atoms with Crippen LogP contribution in [0.5, 0.6) is 0 Å². The van der Waals surface area contributed by atoms with Crippen LogP contribution in [0, 0.1) is 5.82 Å². The molecule has 0 radical (unpaired) electrons. The number of aryl methyl sites for hydroxylation is 1. The molecule has 0 fully saturated rings. The van der Waals surface area contributed by atoms with Crippen LogP contribution in [-0.2, 0) is 13.0 Å². The lowest BCUT2D eigenvalue weighted by molar-refractivity contribution is 0.265. The number of halogens is 1. The predicted molar refractivity (Wildman–Crippen MR) is 66.3 cm³/mol. The molecule has 2 aromatic rings. The van der Waals surface area contributed by atoms with Gasteiger partial charge in [-0.1, -0.05) is 0 Å². The molecule has 1 aromatic carbocycles. The average Bonchev–Trinajstić information content (AvgIpc) is 2.66. The molecule has 1 atom stereocenters. The second kappa shape index (κ2) is 4.85. The molecule has 0 aliphatic rings. The van der Waals surface area contributed by atoms with Gasteiger partial charge in [0.2, 0.25) is 0 Å². The Morgan fingerprint density at radius 1 is 1.47 bits per heavy atom. The molecule has 0 saturated heterocycles. The summed E-state index contributed by atoms with van der Waals surface area (Å²) < 4.78 is 15.3. The third-order valence-electron chi connectivity index (χ3n) is 2.98. The Balaban J connectivity index is 2.50. The monoisotopic (exact) mass is 236 g/mol. The van der Waals surface area contributed by atoms with Crippen molar-refractivity contribution in [2.45, 2.75) is 25.9 Å². The van der Waals surface area contributed by atoms with Crippen LogP contribution < -0.4 is 5.73 Å². The summed E-state index contributed by atoms with van der Waals surface area (Å²) in [6.07, 6.45) is 2.54. The fraction of sp³-hybridized carbons (Fsp3) is 0.385. The third kappa shape index (κ3) is 2.33. The lowest BCUT2D eigenvalue weighted by Gasteiger charge is -2.06. The molecule has 2 rings (SSSR count). The van der Waals surface area contributed by atoms with Crippen LogP contribution in [0.2, 0.25) is 0 Å². The van der Waals surface area contributed by atoms with Gasteiger partial charge in [0, 0.05) is 29.7 Å². The van der Waals surface area contributed by atoms with Gasteiger partial charge >= 0.3 is 0 Å². The second-order valence-corrected chi connectivity index (χ2v) is 4.25. The molecule has 0 aliphatic heterocycles. The molecular weight excluding hydrogens is 219 g/mol. The summed E-state index contributed by atoms with van der Waals surface area (Å²) in [5, 5.41) is 9.87. The van der Waals surface area contributed by atoms with Gasteiger partial charge in [0.25, 0.3) is 0 Å². The summed E-state index contributed by atoms with van der Waals surface area (Å²) in [4.78, 5) is 0. The summed E-state index contributed by atoms with van der Waals surface area (Å²) in [5.41, 5.74) is 7.73. The van der Waals surface area contributed by atoms with Gasteiger partial charge in [-0.05, 0) is 37.1 Å². The molecule has 0 unspecified atom stereocenters. The highest BCUT2D eigenvalue weighted by atomic mass is 19.1. The van der Waals surface area contributed by atoms with Crippen molar-refractivity contribution in [1.29, 1.82) is 0 Å². The maximum Gasteiger partial charge on any atom is 0.123 e. The van der Waals surface area contributed by atoms with Gasteiger partial charge in [-0.25, -0.2) is 4.39 Å². The van der Waals surface area contributed by atoms with Crippen LogP contribution in [0.1, 0.15) is 12.5 Å². The fourth-order valence-corrected chi connectivity index (χ4v) is 2.11. The minimum Gasteiger partial charge on any atom is -0.395 e. The number of hydrogen-bond acceptors (Lipinski definition) is 2. The molecule has 0 bridgehead atoms. The van der Waals surface area contributed by atoms with E-state index in [2.05, 4.69) is 4.57 Å². The number of rotatable bonds is 4. The van der Waals surface area contributed by atoms with Crippen molar-refractivity contribution in [3.63, 3.8) is 0 Å². The van der Waals surface area contributed by atoms with E-state index < -0.39 is 0 Å². The Morgan fingerprint density at radius 3 is 2.88 bits per heavy atom. The zero-order chi connectivity index (χ0) is 12.4. The number of benzene rings is 1. The summed E-state index contributed by atoms with van der Waals surface area (Å²) in [7, 11) is 0. The van der Waals surface area contributed by atoms with E-state index in [9.17, 15) is 4.39 Å². The Kier molecular flexibility index (Phi) is 3.45. The first-order valence-electron chi connectivity index (χ1n) is 5.79. The maximum absolute atomic E-state index is 13.3. The first-order valence-corrected chi connectivity index (χ1v) is 5.79. The quantitative estimate of drug-likeness (QED) is 0.848. The highest BCUT2D eigenvalue weighted by molar-refractivity contribution is 5.84. The molecule has 0 saturated carbocycles. The molecule has 0 aliphatic carbocycles. The summed E-state index contributed by atoms with van der Waals surface area (Å²) in [6, 6.07) is 4.47. The van der Waals surface area contributed by atoms with Gasteiger partial charge in [0.05, 0.1) is 6.61 Å². The third-order valence-corrected chi connectivity index (χ3v) is 2.98. The van der Waals surface area contributed by atoms with Crippen LogP contribution in [0.3, 0.4) is 0 Å². The minimum absolute atomic E-state index is 0.0614. The van der Waals surface area contributed by atoms with Crippen LogP contribution in [0.15, 0.2) is 24.4 Å². The standard InChI is InChI=1S/C13H17FN2O/c1-2-16-7-9(5-11(15)8-17)12-6-10(14)3-4-13(12)16/h3-4,6-7,11,17H,2,5,8,15H2,1H3/t11-/m1/s1.